The molecule has 0 unspecified atom stereocenters. The molecule has 1 aromatic heterocycles. The third-order valence-electron chi connectivity index (χ3n) is 5.25. The summed E-state index contributed by atoms with van der Waals surface area (Å²) >= 11 is 0. The summed E-state index contributed by atoms with van der Waals surface area (Å²) in [6.07, 6.45) is 5.64. The Balaban J connectivity index is 1.45. The Morgan fingerprint density at radius 3 is 2.96 bits per heavy atom. The highest BCUT2D eigenvalue weighted by atomic mass is 32.2. The van der Waals surface area contributed by atoms with Crippen molar-refractivity contribution in [2.75, 3.05) is 37.7 Å². The third kappa shape index (κ3) is 4.78. The normalized spacial score (nSPS) is 23.5. The predicted molar refractivity (Wildman–Crippen MR) is 96.2 cm³/mol. The second-order valence-electron chi connectivity index (χ2n) is 7.21. The Labute approximate surface area is 150 Å². The summed E-state index contributed by atoms with van der Waals surface area (Å²) in [6, 6.07) is 2.00. The van der Waals surface area contributed by atoms with Crippen LogP contribution in [0, 0.1) is 6.92 Å². The molecule has 7 heteroatoms. The first-order valence-electron chi connectivity index (χ1n) is 8.99. The summed E-state index contributed by atoms with van der Waals surface area (Å²) in [6.45, 7) is 7.26. The predicted octanol–water partition coefficient (Wildman–Crippen LogP) is 1.57. The number of hydrogen-bond donors (Lipinski definition) is 0. The van der Waals surface area contributed by atoms with Crippen LogP contribution >= 0.6 is 0 Å². The maximum Gasteiger partial charge on any atom is 0.151 e. The standard InChI is InChI=1S/C18H28N2O4S/c1-3-25(21,22)9-7-20-13-18(14-20)10-17(5-8-24-18)23-12-16-11-19-6-4-15(16)2/h4,6,11,17H,3,5,7-10,12-14H2,1-2H3/t17-/m0/s1. The number of nitrogens with zero attached hydrogens (tertiary/aromatic N) is 2. The van der Waals surface area contributed by atoms with Gasteiger partial charge in [0.05, 0.1) is 24.1 Å². The molecule has 6 nitrogen and oxygen atoms in total. The summed E-state index contributed by atoms with van der Waals surface area (Å²) in [5, 5.41) is 0. The maximum absolute atomic E-state index is 11.6. The zero-order chi connectivity index (χ0) is 17.9. The average molecular weight is 368 g/mol. The van der Waals surface area contributed by atoms with E-state index in [0.29, 0.717) is 19.8 Å². The zero-order valence-corrected chi connectivity index (χ0v) is 15.9. The van der Waals surface area contributed by atoms with Gasteiger partial charge in [0.1, 0.15) is 0 Å². The Hall–Kier alpha value is -1.02. The molecular weight excluding hydrogens is 340 g/mol. The van der Waals surface area contributed by atoms with Gasteiger partial charge in [0.2, 0.25) is 0 Å². The van der Waals surface area contributed by atoms with Gasteiger partial charge in [0.25, 0.3) is 0 Å². The number of ether oxygens (including phenoxy) is 2. The molecule has 3 rings (SSSR count). The third-order valence-corrected chi connectivity index (χ3v) is 6.94. The number of sulfone groups is 1. The van der Waals surface area contributed by atoms with Gasteiger partial charge < -0.3 is 9.47 Å². The van der Waals surface area contributed by atoms with Crippen molar-refractivity contribution in [1.29, 1.82) is 0 Å². The van der Waals surface area contributed by atoms with Crippen LogP contribution in [-0.4, -0.2) is 67.8 Å². The monoisotopic (exact) mass is 368 g/mol. The molecule has 0 N–H and O–H groups in total. The lowest BCUT2D eigenvalue weighted by Gasteiger charge is -2.53. The largest absolute Gasteiger partial charge is 0.373 e. The zero-order valence-electron chi connectivity index (χ0n) is 15.1. The lowest BCUT2D eigenvalue weighted by Crippen LogP contribution is -2.66. The topological polar surface area (TPSA) is 68.7 Å². The van der Waals surface area contributed by atoms with Gasteiger partial charge in [0, 0.05) is 50.8 Å². The van der Waals surface area contributed by atoms with Crippen molar-refractivity contribution in [2.45, 2.75) is 45.0 Å². The molecule has 2 aliphatic rings. The second kappa shape index (κ2) is 7.70. The fourth-order valence-corrected chi connectivity index (χ4v) is 4.37. The van der Waals surface area contributed by atoms with Crippen molar-refractivity contribution < 1.29 is 17.9 Å². The first-order chi connectivity index (χ1) is 11.9. The van der Waals surface area contributed by atoms with E-state index >= 15 is 0 Å². The van der Waals surface area contributed by atoms with Crippen LogP contribution < -0.4 is 0 Å². The van der Waals surface area contributed by atoms with E-state index in [4.69, 9.17) is 9.47 Å². The molecule has 140 valence electrons. The summed E-state index contributed by atoms with van der Waals surface area (Å²) in [7, 11) is -2.90. The van der Waals surface area contributed by atoms with Gasteiger partial charge in [-0.2, -0.15) is 0 Å². The van der Waals surface area contributed by atoms with Crippen LogP contribution in [0.1, 0.15) is 30.9 Å². The Morgan fingerprint density at radius 1 is 1.44 bits per heavy atom. The molecule has 1 aromatic rings. The molecule has 2 aliphatic heterocycles. The van der Waals surface area contributed by atoms with Gasteiger partial charge in [-0.1, -0.05) is 6.92 Å². The van der Waals surface area contributed by atoms with Crippen LogP contribution in [0.2, 0.25) is 0 Å². The molecule has 0 aliphatic carbocycles. The van der Waals surface area contributed by atoms with Crippen LogP contribution in [0.15, 0.2) is 18.5 Å². The van der Waals surface area contributed by atoms with E-state index in [2.05, 4.69) is 16.8 Å². The molecule has 25 heavy (non-hydrogen) atoms. The first-order valence-corrected chi connectivity index (χ1v) is 10.8. The van der Waals surface area contributed by atoms with Crippen LogP contribution in [0.3, 0.4) is 0 Å². The van der Waals surface area contributed by atoms with Gasteiger partial charge in [-0.25, -0.2) is 8.42 Å². The maximum atomic E-state index is 11.6. The smallest absolute Gasteiger partial charge is 0.151 e. The highest BCUT2D eigenvalue weighted by molar-refractivity contribution is 7.91. The number of aryl methyl sites for hydroxylation is 1. The number of rotatable bonds is 7. The lowest BCUT2D eigenvalue weighted by molar-refractivity contribution is -0.197. The van der Waals surface area contributed by atoms with E-state index in [0.717, 1.165) is 31.5 Å². The van der Waals surface area contributed by atoms with Crippen LogP contribution in [0.4, 0.5) is 0 Å². The minimum Gasteiger partial charge on any atom is -0.373 e. The van der Waals surface area contributed by atoms with E-state index < -0.39 is 9.84 Å². The fourth-order valence-electron chi connectivity index (χ4n) is 3.54. The van der Waals surface area contributed by atoms with E-state index in [-0.39, 0.29) is 23.2 Å². The van der Waals surface area contributed by atoms with E-state index in [1.54, 1.807) is 13.1 Å². The SMILES string of the molecule is CCS(=O)(=O)CCN1CC2(C[C@@H](OCc3cnccc3C)CCO2)C1. The number of aromatic nitrogens is 1. The van der Waals surface area contributed by atoms with Gasteiger partial charge in [-0.15, -0.1) is 0 Å². The Bertz CT molecular complexity index is 686. The van der Waals surface area contributed by atoms with E-state index in [9.17, 15) is 8.42 Å². The summed E-state index contributed by atoms with van der Waals surface area (Å²) in [5.41, 5.74) is 2.18. The highest BCUT2D eigenvalue weighted by Gasteiger charge is 2.47. The first kappa shape index (κ1) is 18.8. The molecule has 0 radical (unpaired) electrons. The van der Waals surface area contributed by atoms with Crippen molar-refractivity contribution in [3.8, 4) is 0 Å². The number of hydrogen-bond acceptors (Lipinski definition) is 6. The molecule has 1 spiro atoms. The highest BCUT2D eigenvalue weighted by Crippen LogP contribution is 2.35. The Kier molecular flexibility index (Phi) is 5.78. The molecule has 2 saturated heterocycles. The van der Waals surface area contributed by atoms with Gasteiger partial charge in [-0.3, -0.25) is 9.88 Å². The molecule has 0 aromatic carbocycles. The van der Waals surface area contributed by atoms with Crippen molar-refractivity contribution >= 4 is 9.84 Å². The van der Waals surface area contributed by atoms with Crippen LogP contribution in [-0.2, 0) is 25.9 Å². The number of pyridine rings is 1. The van der Waals surface area contributed by atoms with Crippen molar-refractivity contribution in [1.82, 2.24) is 9.88 Å². The van der Waals surface area contributed by atoms with Gasteiger partial charge >= 0.3 is 0 Å². The molecule has 0 bridgehead atoms. The summed E-state index contributed by atoms with van der Waals surface area (Å²) in [4.78, 5) is 6.33. The van der Waals surface area contributed by atoms with E-state index in [1.165, 1.54) is 5.56 Å². The van der Waals surface area contributed by atoms with Crippen molar-refractivity contribution in [2.24, 2.45) is 0 Å². The van der Waals surface area contributed by atoms with E-state index in [1.807, 2.05) is 12.3 Å². The molecular formula is C18H28N2O4S. The molecule has 2 fully saturated rings. The molecule has 0 amide bonds. The van der Waals surface area contributed by atoms with Crippen molar-refractivity contribution in [3.63, 3.8) is 0 Å². The Morgan fingerprint density at radius 2 is 2.24 bits per heavy atom. The van der Waals surface area contributed by atoms with Crippen LogP contribution in [0.5, 0.6) is 0 Å². The minimum atomic E-state index is -2.90. The lowest BCUT2D eigenvalue weighted by atomic mass is 9.85. The molecule has 0 saturated carbocycles. The van der Waals surface area contributed by atoms with Crippen LogP contribution in [0.25, 0.3) is 0 Å². The van der Waals surface area contributed by atoms with Gasteiger partial charge in [0.15, 0.2) is 9.84 Å². The molecule has 3 heterocycles. The van der Waals surface area contributed by atoms with Gasteiger partial charge in [-0.05, 0) is 30.5 Å². The average Bonchev–Trinajstić information content (AvgIpc) is 2.58. The molecule has 1 atom stereocenters. The minimum absolute atomic E-state index is 0.150. The number of likely N-dealkylation sites (tertiary alicyclic amines) is 1. The quantitative estimate of drug-likeness (QED) is 0.728. The summed E-state index contributed by atoms with van der Waals surface area (Å²) in [5.74, 6) is 0.450. The summed E-state index contributed by atoms with van der Waals surface area (Å²) < 4.78 is 35.4. The fraction of sp³-hybridized carbons (Fsp3) is 0.722. The second-order valence-corrected chi connectivity index (χ2v) is 9.68. The van der Waals surface area contributed by atoms with Crippen molar-refractivity contribution in [3.05, 3.63) is 29.6 Å².